The zero-order valence-electron chi connectivity index (χ0n) is 16.6. The van der Waals surface area contributed by atoms with Crippen LogP contribution in [0.3, 0.4) is 0 Å². The molecule has 29 heavy (non-hydrogen) atoms. The van der Waals surface area contributed by atoms with Gasteiger partial charge in [0, 0.05) is 25.0 Å². The number of hydrogen-bond donors (Lipinski definition) is 4. The van der Waals surface area contributed by atoms with Crippen LogP contribution in [0.5, 0.6) is 0 Å². The Balaban J connectivity index is 1.45. The van der Waals surface area contributed by atoms with Gasteiger partial charge in [-0.1, -0.05) is 36.2 Å². The summed E-state index contributed by atoms with van der Waals surface area (Å²) >= 11 is 14.0. The van der Waals surface area contributed by atoms with Gasteiger partial charge in [-0.15, -0.1) is 11.8 Å². The van der Waals surface area contributed by atoms with Crippen LogP contribution < -0.4 is 21.9 Å². The quantitative estimate of drug-likeness (QED) is 0.547. The lowest BCUT2D eigenvalue weighted by atomic mass is 9.80. The summed E-state index contributed by atoms with van der Waals surface area (Å²) in [5.74, 6) is -0.144. The summed E-state index contributed by atoms with van der Waals surface area (Å²) in [4.78, 5) is 18.3. The van der Waals surface area contributed by atoms with Gasteiger partial charge >= 0.3 is 0 Å². The highest BCUT2D eigenvalue weighted by molar-refractivity contribution is 8.00. The third-order valence-electron chi connectivity index (χ3n) is 6.41. The van der Waals surface area contributed by atoms with E-state index >= 15 is 0 Å². The Labute approximate surface area is 186 Å². The molecule has 1 aromatic carbocycles. The molecule has 1 aromatic rings. The van der Waals surface area contributed by atoms with Crippen molar-refractivity contribution in [2.75, 3.05) is 26.7 Å². The van der Waals surface area contributed by atoms with E-state index in [0.29, 0.717) is 16.6 Å². The zero-order chi connectivity index (χ0) is 20.8. The van der Waals surface area contributed by atoms with Gasteiger partial charge in [-0.05, 0) is 36.9 Å². The normalized spacial score (nSPS) is 32.4. The maximum Gasteiger partial charge on any atom is 0.233 e. The molecule has 0 radical (unpaired) electrons. The molecule has 0 aromatic heterocycles. The van der Waals surface area contributed by atoms with Gasteiger partial charge in [-0.2, -0.15) is 0 Å². The molecule has 3 heterocycles. The average Bonchev–Trinajstić information content (AvgIpc) is 3.12. The largest absolute Gasteiger partial charge is 0.330 e. The molecule has 5 N–H and O–H groups in total. The molecule has 0 saturated carbocycles. The van der Waals surface area contributed by atoms with Gasteiger partial charge in [0.2, 0.25) is 5.91 Å². The number of nitrogens with one attached hydrogen (secondary N) is 3. The molecule has 0 spiro atoms. The van der Waals surface area contributed by atoms with Crippen molar-refractivity contribution < 1.29 is 4.79 Å². The lowest BCUT2D eigenvalue weighted by Gasteiger charge is -2.49. The van der Waals surface area contributed by atoms with Crippen molar-refractivity contribution >= 4 is 40.9 Å². The third-order valence-corrected chi connectivity index (χ3v) is 8.60. The van der Waals surface area contributed by atoms with Gasteiger partial charge in [0.1, 0.15) is 6.29 Å². The number of carbonyl (C=O) groups excluding carboxylic acids is 1. The second-order valence-corrected chi connectivity index (χ2v) is 10.4. The Morgan fingerprint density at radius 1 is 1.28 bits per heavy atom. The number of halogens is 2. The van der Waals surface area contributed by atoms with Crippen molar-refractivity contribution in [2.24, 2.45) is 17.1 Å². The second-order valence-electron chi connectivity index (χ2n) is 8.42. The highest BCUT2D eigenvalue weighted by Crippen LogP contribution is 2.39. The van der Waals surface area contributed by atoms with Crippen LogP contribution >= 0.6 is 35.0 Å². The van der Waals surface area contributed by atoms with Crippen molar-refractivity contribution in [3.63, 3.8) is 0 Å². The Bertz CT molecular complexity index is 775. The molecule has 7 nitrogen and oxygen atoms in total. The maximum absolute atomic E-state index is 13.3. The Morgan fingerprint density at radius 2 is 2.00 bits per heavy atom. The molecule has 3 aliphatic heterocycles. The molecule has 1 amide bonds. The van der Waals surface area contributed by atoms with E-state index in [9.17, 15) is 4.79 Å². The lowest BCUT2D eigenvalue weighted by Crippen LogP contribution is -2.70. The monoisotopic (exact) mass is 458 g/mol. The van der Waals surface area contributed by atoms with E-state index in [2.05, 4.69) is 28.0 Å². The third kappa shape index (κ3) is 4.14. The predicted octanol–water partition coefficient (Wildman–Crippen LogP) is 1.87. The Kier molecular flexibility index (Phi) is 6.35. The predicted molar refractivity (Wildman–Crippen MR) is 117 cm³/mol. The van der Waals surface area contributed by atoms with Gasteiger partial charge in [0.15, 0.2) is 0 Å². The fraction of sp³-hybridized carbons (Fsp3) is 0.632. The van der Waals surface area contributed by atoms with Crippen LogP contribution in [0.4, 0.5) is 0 Å². The van der Waals surface area contributed by atoms with E-state index in [1.165, 1.54) is 11.8 Å². The summed E-state index contributed by atoms with van der Waals surface area (Å²) in [6.45, 7) is 4.79. The molecule has 4 rings (SSSR count). The SMILES string of the molecule is CN1C(=O)C2C(NNC2Sc2cccc(Cl)c2Cl)NC1N1CCC(C)(CN)CC1. The number of piperidine rings is 1. The first kappa shape index (κ1) is 21.6. The standard InChI is InChI=1S/C19H28Cl2N6OS/c1-19(10-22)6-8-27(9-7-19)18-23-15-13(17(28)26(18)2)16(25-24-15)29-12-5-3-4-11(20)14(12)21/h3-5,13,15-16,18,23-25H,6-10,22H2,1-2H3. The molecule has 0 aliphatic carbocycles. The number of carbonyl (C=O) groups is 1. The molecular weight excluding hydrogens is 431 g/mol. The number of amides is 1. The highest BCUT2D eigenvalue weighted by Gasteiger charge is 2.50. The molecule has 4 unspecified atom stereocenters. The summed E-state index contributed by atoms with van der Waals surface area (Å²) < 4.78 is 0. The van der Waals surface area contributed by atoms with Gasteiger partial charge in [0.25, 0.3) is 0 Å². The summed E-state index contributed by atoms with van der Waals surface area (Å²) in [6.07, 6.45) is 1.80. The summed E-state index contributed by atoms with van der Waals surface area (Å²) in [5.41, 5.74) is 12.7. The molecule has 10 heteroatoms. The number of likely N-dealkylation sites (tertiary alicyclic amines) is 1. The number of nitrogens with zero attached hydrogens (tertiary/aromatic N) is 2. The number of hydrogen-bond acceptors (Lipinski definition) is 7. The van der Waals surface area contributed by atoms with E-state index in [-0.39, 0.29) is 35.1 Å². The van der Waals surface area contributed by atoms with Gasteiger partial charge in [-0.3, -0.25) is 15.0 Å². The van der Waals surface area contributed by atoms with Gasteiger partial charge in [-0.25, -0.2) is 10.9 Å². The Morgan fingerprint density at radius 3 is 2.69 bits per heavy atom. The number of fused-ring (bicyclic) bond motifs is 1. The molecule has 160 valence electrons. The lowest BCUT2D eigenvalue weighted by molar-refractivity contribution is -0.150. The zero-order valence-corrected chi connectivity index (χ0v) is 18.9. The van der Waals surface area contributed by atoms with Crippen molar-refractivity contribution in [3.8, 4) is 0 Å². The first-order chi connectivity index (χ1) is 13.8. The summed E-state index contributed by atoms with van der Waals surface area (Å²) in [5, 5.41) is 4.48. The number of nitrogens with two attached hydrogens (primary N) is 1. The fourth-order valence-electron chi connectivity index (χ4n) is 4.25. The van der Waals surface area contributed by atoms with Crippen LogP contribution in [0.1, 0.15) is 19.8 Å². The van der Waals surface area contributed by atoms with E-state index in [0.717, 1.165) is 30.8 Å². The molecular formula is C19H28Cl2N6OS. The summed E-state index contributed by atoms with van der Waals surface area (Å²) in [6, 6.07) is 5.55. The van der Waals surface area contributed by atoms with E-state index in [1.807, 2.05) is 24.1 Å². The van der Waals surface area contributed by atoms with E-state index in [4.69, 9.17) is 28.9 Å². The van der Waals surface area contributed by atoms with Crippen LogP contribution in [0.2, 0.25) is 10.0 Å². The molecule has 0 bridgehead atoms. The number of benzene rings is 1. The summed E-state index contributed by atoms with van der Waals surface area (Å²) in [7, 11) is 1.87. The first-order valence-electron chi connectivity index (χ1n) is 9.91. The van der Waals surface area contributed by atoms with Gasteiger partial charge < -0.3 is 10.6 Å². The highest BCUT2D eigenvalue weighted by atomic mass is 35.5. The Hall–Kier alpha value is -0.580. The number of hydrazine groups is 1. The van der Waals surface area contributed by atoms with Crippen LogP contribution in [-0.2, 0) is 4.79 Å². The van der Waals surface area contributed by atoms with Crippen molar-refractivity contribution in [3.05, 3.63) is 28.2 Å². The minimum absolute atomic E-state index is 0.110. The van der Waals surface area contributed by atoms with Crippen molar-refractivity contribution in [1.29, 1.82) is 0 Å². The van der Waals surface area contributed by atoms with Gasteiger partial charge in [0.05, 0.1) is 27.5 Å². The molecule has 4 atom stereocenters. The second kappa shape index (κ2) is 8.51. The van der Waals surface area contributed by atoms with Crippen molar-refractivity contribution in [1.82, 2.24) is 26.0 Å². The minimum Gasteiger partial charge on any atom is -0.330 e. The maximum atomic E-state index is 13.3. The molecule has 3 aliphatic rings. The fourth-order valence-corrected chi connectivity index (χ4v) is 5.93. The topological polar surface area (TPSA) is 85.7 Å². The van der Waals surface area contributed by atoms with Crippen LogP contribution in [0, 0.1) is 11.3 Å². The van der Waals surface area contributed by atoms with Crippen molar-refractivity contribution in [2.45, 2.75) is 42.5 Å². The van der Waals surface area contributed by atoms with E-state index < -0.39 is 0 Å². The smallest absolute Gasteiger partial charge is 0.233 e. The molecule has 3 saturated heterocycles. The van der Waals surface area contributed by atoms with Crippen LogP contribution in [-0.4, -0.2) is 60.2 Å². The van der Waals surface area contributed by atoms with E-state index in [1.54, 1.807) is 6.07 Å². The first-order valence-corrected chi connectivity index (χ1v) is 11.6. The molecule has 3 fully saturated rings. The number of rotatable bonds is 4. The average molecular weight is 459 g/mol. The van der Waals surface area contributed by atoms with Crippen LogP contribution in [0.25, 0.3) is 0 Å². The number of thioether (sulfide) groups is 1. The van der Waals surface area contributed by atoms with Crippen LogP contribution in [0.15, 0.2) is 23.1 Å². The minimum atomic E-state index is -0.254.